The van der Waals surface area contributed by atoms with Crippen molar-refractivity contribution >= 4 is 29.4 Å². The topological polar surface area (TPSA) is 72.8 Å². The Morgan fingerprint density at radius 3 is 2.72 bits per heavy atom. The number of carbonyl (C=O) groups is 2. The van der Waals surface area contributed by atoms with Crippen molar-refractivity contribution in [1.29, 1.82) is 0 Å². The van der Waals surface area contributed by atoms with Crippen LogP contribution in [0.1, 0.15) is 61.4 Å². The van der Waals surface area contributed by atoms with Crippen LogP contribution in [0.15, 0.2) is 12.1 Å². The van der Waals surface area contributed by atoms with E-state index in [2.05, 4.69) is 0 Å². The minimum atomic E-state index is -0.641. The van der Waals surface area contributed by atoms with Crippen molar-refractivity contribution in [2.45, 2.75) is 51.6 Å². The molecule has 1 aliphatic heterocycles. The smallest absolute Gasteiger partial charge is 0.342 e. The van der Waals surface area contributed by atoms with Gasteiger partial charge in [0.2, 0.25) is 0 Å². The molecule has 1 heterocycles. The molecule has 2 rings (SSSR count). The zero-order valence-electron chi connectivity index (χ0n) is 14.5. The monoisotopic (exact) mass is 366 g/mol. The fourth-order valence-corrected chi connectivity index (χ4v) is 3.08. The van der Waals surface area contributed by atoms with Gasteiger partial charge >= 0.3 is 5.97 Å². The number of fused-ring (bicyclic) bond motifs is 1. The summed E-state index contributed by atoms with van der Waals surface area (Å²) in [4.78, 5) is 24.3. The van der Waals surface area contributed by atoms with Gasteiger partial charge in [-0.05, 0) is 32.6 Å². The number of carbonyl (C=O) groups excluding carboxylic acids is 2. The molecular formula is C19H23ClO5. The molecule has 0 spiro atoms. The first-order valence-electron chi connectivity index (χ1n) is 8.42. The molecule has 1 aliphatic rings. The van der Waals surface area contributed by atoms with Crippen LogP contribution in [0, 0.1) is 0 Å². The zero-order chi connectivity index (χ0) is 18.4. The Kier molecular flexibility index (Phi) is 6.88. The highest BCUT2D eigenvalue weighted by molar-refractivity contribution is 6.34. The lowest BCUT2D eigenvalue weighted by Gasteiger charge is -2.17. The largest absolute Gasteiger partial charge is 0.507 e. The zero-order valence-corrected chi connectivity index (χ0v) is 15.3. The van der Waals surface area contributed by atoms with E-state index >= 15 is 0 Å². The molecule has 25 heavy (non-hydrogen) atoms. The van der Waals surface area contributed by atoms with Crippen molar-refractivity contribution in [1.82, 2.24) is 0 Å². The summed E-state index contributed by atoms with van der Waals surface area (Å²) in [6.07, 6.45) is 6.84. The number of aromatic hydroxyl groups is 1. The number of ketones is 1. The highest BCUT2D eigenvalue weighted by Gasteiger charge is 2.24. The molecule has 0 bridgehead atoms. The normalized spacial score (nSPS) is 21.0. The molecule has 0 aromatic heterocycles. The number of rotatable bonds is 1. The minimum Gasteiger partial charge on any atom is -0.507 e. The molecule has 1 atom stereocenters. The van der Waals surface area contributed by atoms with Crippen LogP contribution in [-0.2, 0) is 9.53 Å². The number of allylic oxidation sites excluding steroid dienone is 1. The maximum absolute atomic E-state index is 12.5. The Morgan fingerprint density at radius 1 is 1.28 bits per heavy atom. The van der Waals surface area contributed by atoms with E-state index in [1.807, 2.05) is 6.08 Å². The molecule has 0 radical (unpaired) electrons. The van der Waals surface area contributed by atoms with Crippen molar-refractivity contribution in [2.24, 2.45) is 0 Å². The van der Waals surface area contributed by atoms with Gasteiger partial charge in [0.25, 0.3) is 0 Å². The Hall–Kier alpha value is -2.01. The maximum Gasteiger partial charge on any atom is 0.342 e. The van der Waals surface area contributed by atoms with Crippen molar-refractivity contribution < 1.29 is 24.2 Å². The summed E-state index contributed by atoms with van der Waals surface area (Å²) >= 11 is 6.33. The summed E-state index contributed by atoms with van der Waals surface area (Å²) in [6, 6.07) is 1.31. The van der Waals surface area contributed by atoms with E-state index in [4.69, 9.17) is 21.1 Å². The number of Topliss-reactive ketones (excluding diaryl/α,β-unsaturated/α-hetero) is 1. The number of phenols is 1. The number of halogens is 1. The third-order valence-corrected chi connectivity index (χ3v) is 4.55. The minimum absolute atomic E-state index is 0.0297. The molecular weight excluding hydrogens is 344 g/mol. The number of methoxy groups -OCH3 is 1. The standard InChI is InChI=1S/C19H23ClO5/c1-12-7-6-9-13(21)8-4-3-5-10-14-17(19(23)25-12)15(22)11-16(24-2)18(14)20/h5,10-12,22H,3-4,6-9H2,1-2H3/b10-5+/t12-/m0/s1. The van der Waals surface area contributed by atoms with Crippen LogP contribution in [0.25, 0.3) is 6.08 Å². The second-order valence-electron chi connectivity index (χ2n) is 6.14. The summed E-state index contributed by atoms with van der Waals surface area (Å²) in [6.45, 7) is 1.77. The first-order chi connectivity index (χ1) is 11.9. The molecule has 5 nitrogen and oxygen atoms in total. The van der Waals surface area contributed by atoms with Gasteiger partial charge in [-0.25, -0.2) is 4.79 Å². The number of ether oxygens (including phenoxy) is 2. The number of phenolic OH excluding ortho intramolecular Hbond substituents is 1. The third kappa shape index (κ3) is 4.98. The first kappa shape index (κ1) is 19.3. The van der Waals surface area contributed by atoms with Gasteiger partial charge in [0.05, 0.1) is 18.2 Å². The Morgan fingerprint density at radius 2 is 2.00 bits per heavy atom. The summed E-state index contributed by atoms with van der Waals surface area (Å²) in [7, 11) is 1.44. The Balaban J connectivity index is 2.43. The van der Waals surface area contributed by atoms with Crippen molar-refractivity contribution in [3.63, 3.8) is 0 Å². The number of benzene rings is 1. The highest BCUT2D eigenvalue weighted by atomic mass is 35.5. The molecule has 0 aliphatic carbocycles. The van der Waals surface area contributed by atoms with Gasteiger partial charge in [0.15, 0.2) is 0 Å². The SMILES string of the molecule is COc1cc(O)c2c(c1Cl)/C=C/CCCC(=O)CCC[C@H](C)OC2=O. The number of esters is 1. The summed E-state index contributed by atoms with van der Waals surface area (Å²) in [5.74, 6) is -0.376. The van der Waals surface area contributed by atoms with Gasteiger partial charge in [-0.15, -0.1) is 0 Å². The van der Waals surface area contributed by atoms with Crippen LogP contribution in [0.3, 0.4) is 0 Å². The van der Waals surface area contributed by atoms with E-state index in [1.54, 1.807) is 13.0 Å². The van der Waals surface area contributed by atoms with E-state index in [1.165, 1.54) is 13.2 Å². The molecule has 1 aromatic rings. The average molecular weight is 367 g/mol. The Bertz CT molecular complexity index is 681. The molecule has 0 saturated carbocycles. The molecule has 0 unspecified atom stereocenters. The number of cyclic esters (lactones) is 1. The van der Waals surface area contributed by atoms with E-state index in [-0.39, 0.29) is 34.0 Å². The van der Waals surface area contributed by atoms with E-state index in [0.29, 0.717) is 37.7 Å². The third-order valence-electron chi connectivity index (χ3n) is 4.16. The van der Waals surface area contributed by atoms with Crippen molar-refractivity contribution in [3.8, 4) is 11.5 Å². The summed E-state index contributed by atoms with van der Waals surface area (Å²) in [5, 5.41) is 10.5. The highest BCUT2D eigenvalue weighted by Crippen LogP contribution is 2.38. The lowest BCUT2D eigenvalue weighted by atomic mass is 10.0. The van der Waals surface area contributed by atoms with Crippen LogP contribution in [0.4, 0.5) is 0 Å². The van der Waals surface area contributed by atoms with Crippen LogP contribution in [-0.4, -0.2) is 30.1 Å². The average Bonchev–Trinajstić information content (AvgIpc) is 2.56. The number of hydrogen-bond acceptors (Lipinski definition) is 5. The molecule has 1 N–H and O–H groups in total. The van der Waals surface area contributed by atoms with Gasteiger partial charge in [-0.2, -0.15) is 0 Å². The predicted molar refractivity (Wildman–Crippen MR) is 96.3 cm³/mol. The van der Waals surface area contributed by atoms with Gasteiger partial charge in [-0.3, -0.25) is 4.79 Å². The quantitative estimate of drug-likeness (QED) is 0.739. The Labute approximate surface area is 152 Å². The fourth-order valence-electron chi connectivity index (χ4n) is 2.79. The van der Waals surface area contributed by atoms with Gasteiger partial charge < -0.3 is 14.6 Å². The van der Waals surface area contributed by atoms with Crippen molar-refractivity contribution in [3.05, 3.63) is 28.3 Å². The van der Waals surface area contributed by atoms with E-state index in [0.717, 1.165) is 6.42 Å². The maximum atomic E-state index is 12.5. The van der Waals surface area contributed by atoms with Gasteiger partial charge in [0.1, 0.15) is 22.8 Å². The van der Waals surface area contributed by atoms with Crippen LogP contribution in [0.5, 0.6) is 11.5 Å². The second-order valence-corrected chi connectivity index (χ2v) is 6.52. The number of hydrogen-bond donors (Lipinski definition) is 1. The van der Waals surface area contributed by atoms with Crippen LogP contribution < -0.4 is 4.74 Å². The molecule has 0 amide bonds. The van der Waals surface area contributed by atoms with E-state index in [9.17, 15) is 14.7 Å². The van der Waals surface area contributed by atoms with Crippen LogP contribution >= 0.6 is 11.6 Å². The molecule has 6 heteroatoms. The molecule has 0 saturated heterocycles. The van der Waals surface area contributed by atoms with E-state index < -0.39 is 5.97 Å². The first-order valence-corrected chi connectivity index (χ1v) is 8.80. The van der Waals surface area contributed by atoms with Gasteiger partial charge in [0, 0.05) is 24.5 Å². The van der Waals surface area contributed by atoms with Gasteiger partial charge in [-0.1, -0.05) is 23.8 Å². The molecule has 136 valence electrons. The summed E-state index contributed by atoms with van der Waals surface area (Å²) in [5.41, 5.74) is 0.390. The molecule has 0 fully saturated rings. The lowest BCUT2D eigenvalue weighted by Crippen LogP contribution is -2.17. The predicted octanol–water partition coefficient (Wildman–Crippen LogP) is 4.54. The summed E-state index contributed by atoms with van der Waals surface area (Å²) < 4.78 is 10.6. The lowest BCUT2D eigenvalue weighted by molar-refractivity contribution is -0.119. The fraction of sp³-hybridized carbons (Fsp3) is 0.474. The van der Waals surface area contributed by atoms with Crippen molar-refractivity contribution in [2.75, 3.05) is 7.11 Å². The molecule has 1 aromatic carbocycles. The van der Waals surface area contributed by atoms with Crippen LogP contribution in [0.2, 0.25) is 5.02 Å². The second kappa shape index (κ2) is 8.90.